The first-order chi connectivity index (χ1) is 11.0. The molecule has 1 unspecified atom stereocenters. The van der Waals surface area contributed by atoms with Crippen LogP contribution in [0.1, 0.15) is 38.2 Å². The molecule has 1 spiro atoms. The van der Waals surface area contributed by atoms with Gasteiger partial charge in [0.05, 0.1) is 13.2 Å². The molecule has 3 N–H and O–H groups in total. The summed E-state index contributed by atoms with van der Waals surface area (Å²) in [6.45, 7) is 5.49. The first-order valence-corrected chi connectivity index (χ1v) is 8.50. The van der Waals surface area contributed by atoms with Crippen LogP contribution in [0.3, 0.4) is 0 Å². The number of benzene rings is 1. The lowest BCUT2D eigenvalue weighted by atomic mass is 9.86. The van der Waals surface area contributed by atoms with Gasteiger partial charge in [0.2, 0.25) is 0 Å². The third-order valence-corrected chi connectivity index (χ3v) is 4.74. The topological polar surface area (TPSA) is 68.9 Å². The van der Waals surface area contributed by atoms with Crippen molar-refractivity contribution in [3.05, 3.63) is 29.8 Å². The van der Waals surface area contributed by atoms with Crippen LogP contribution in [-0.2, 0) is 9.47 Å². The highest BCUT2D eigenvalue weighted by atomic mass is 127. The second-order valence-electron chi connectivity index (χ2n) is 6.86. The van der Waals surface area contributed by atoms with Crippen molar-refractivity contribution >= 4 is 35.6 Å². The van der Waals surface area contributed by atoms with E-state index in [9.17, 15) is 0 Å². The van der Waals surface area contributed by atoms with Gasteiger partial charge in [0.25, 0.3) is 0 Å². The van der Waals surface area contributed by atoms with E-state index < -0.39 is 0 Å². The minimum Gasteiger partial charge on any atom is -0.370 e. The molecule has 0 bridgehead atoms. The van der Waals surface area contributed by atoms with Crippen LogP contribution in [-0.4, -0.2) is 31.0 Å². The van der Waals surface area contributed by atoms with Crippen LogP contribution in [0.25, 0.3) is 0 Å². The lowest BCUT2D eigenvalue weighted by Gasteiger charge is -2.34. The molecule has 6 heteroatoms. The summed E-state index contributed by atoms with van der Waals surface area (Å²) < 4.78 is 12.1. The number of guanidine groups is 1. The number of ether oxygens (including phenoxy) is 2. The second-order valence-corrected chi connectivity index (χ2v) is 6.86. The van der Waals surface area contributed by atoms with E-state index in [4.69, 9.17) is 15.2 Å². The van der Waals surface area contributed by atoms with Gasteiger partial charge in [-0.1, -0.05) is 24.6 Å². The van der Waals surface area contributed by atoms with Crippen molar-refractivity contribution in [3.63, 3.8) is 0 Å². The number of aryl methyl sites for hydroxylation is 1. The normalized spacial score (nSPS) is 30.2. The molecule has 5 nitrogen and oxygen atoms in total. The van der Waals surface area contributed by atoms with Crippen LogP contribution in [0.15, 0.2) is 29.3 Å². The highest BCUT2D eigenvalue weighted by Gasteiger charge is 2.43. The number of rotatable bonds is 3. The lowest BCUT2D eigenvalue weighted by Crippen LogP contribution is -2.35. The zero-order valence-corrected chi connectivity index (χ0v) is 16.8. The number of aliphatic imine (C=N–C) groups is 1. The zero-order valence-electron chi connectivity index (χ0n) is 14.5. The fraction of sp³-hybridized carbons (Fsp3) is 0.611. The average Bonchev–Trinajstić information content (AvgIpc) is 2.94. The first-order valence-electron chi connectivity index (χ1n) is 8.50. The first kappa shape index (κ1) is 19.5. The highest BCUT2D eigenvalue weighted by molar-refractivity contribution is 14.0. The van der Waals surface area contributed by atoms with E-state index in [-0.39, 0.29) is 35.9 Å². The molecule has 3 rings (SSSR count). The maximum absolute atomic E-state index is 6.14. The monoisotopic (exact) mass is 445 g/mol. The summed E-state index contributed by atoms with van der Waals surface area (Å²) in [6.07, 6.45) is 4.33. The number of nitrogens with zero attached hydrogens (tertiary/aromatic N) is 1. The molecular formula is C18H28IN3O2. The Hall–Kier alpha value is -0.860. The van der Waals surface area contributed by atoms with E-state index in [2.05, 4.69) is 24.2 Å². The van der Waals surface area contributed by atoms with Crippen LogP contribution in [0.5, 0.6) is 0 Å². The third kappa shape index (κ3) is 5.07. The molecule has 1 heterocycles. The third-order valence-electron chi connectivity index (χ3n) is 4.74. The molecule has 1 atom stereocenters. The smallest absolute Gasteiger partial charge is 0.193 e. The Bertz CT molecular complexity index is 554. The molecule has 1 aliphatic heterocycles. The van der Waals surface area contributed by atoms with E-state index in [1.807, 2.05) is 24.3 Å². The molecule has 24 heavy (non-hydrogen) atoms. The van der Waals surface area contributed by atoms with Crippen molar-refractivity contribution in [2.24, 2.45) is 16.6 Å². The van der Waals surface area contributed by atoms with E-state index in [1.54, 1.807) is 0 Å². The number of halogens is 1. The second kappa shape index (κ2) is 8.49. The van der Waals surface area contributed by atoms with E-state index in [0.717, 1.165) is 24.4 Å². The summed E-state index contributed by atoms with van der Waals surface area (Å²) in [5.74, 6) is 0.834. The Morgan fingerprint density at radius 2 is 1.96 bits per heavy atom. The van der Waals surface area contributed by atoms with Crippen molar-refractivity contribution in [2.75, 3.05) is 18.5 Å². The summed E-state index contributed by atoms with van der Waals surface area (Å²) in [6, 6.07) is 8.06. The van der Waals surface area contributed by atoms with Gasteiger partial charge in [-0.2, -0.15) is 0 Å². The van der Waals surface area contributed by atoms with Gasteiger partial charge in [-0.05, 0) is 37.8 Å². The van der Waals surface area contributed by atoms with Gasteiger partial charge in [0, 0.05) is 18.5 Å². The van der Waals surface area contributed by atoms with Gasteiger partial charge in [-0.15, -0.1) is 24.0 Å². The van der Waals surface area contributed by atoms with Gasteiger partial charge in [-0.3, -0.25) is 4.99 Å². The summed E-state index contributed by atoms with van der Waals surface area (Å²) in [4.78, 5) is 4.40. The average molecular weight is 445 g/mol. The minimum atomic E-state index is -0.355. The van der Waals surface area contributed by atoms with Crippen molar-refractivity contribution in [1.82, 2.24) is 0 Å². The van der Waals surface area contributed by atoms with Gasteiger partial charge in [0.1, 0.15) is 6.10 Å². The SMILES string of the molecule is Cc1ccc(NC(N)=NCC2COC3(CCC(C)CC3)O2)cc1.I. The Morgan fingerprint density at radius 3 is 2.62 bits per heavy atom. The largest absolute Gasteiger partial charge is 0.370 e. The van der Waals surface area contributed by atoms with Crippen molar-refractivity contribution < 1.29 is 9.47 Å². The molecule has 134 valence electrons. The summed E-state index contributed by atoms with van der Waals surface area (Å²) in [7, 11) is 0. The van der Waals surface area contributed by atoms with Crippen molar-refractivity contribution in [3.8, 4) is 0 Å². The molecule has 1 aromatic rings. The predicted molar refractivity (Wildman–Crippen MR) is 108 cm³/mol. The van der Waals surface area contributed by atoms with Gasteiger partial charge < -0.3 is 20.5 Å². The minimum absolute atomic E-state index is 0. The molecule has 1 saturated carbocycles. The number of nitrogens with two attached hydrogens (primary N) is 1. The molecule has 0 radical (unpaired) electrons. The predicted octanol–water partition coefficient (Wildman–Crippen LogP) is 3.66. The van der Waals surface area contributed by atoms with Crippen LogP contribution >= 0.6 is 24.0 Å². The Kier molecular flexibility index (Phi) is 6.88. The number of hydrogen-bond acceptors (Lipinski definition) is 3. The maximum Gasteiger partial charge on any atom is 0.193 e. The van der Waals surface area contributed by atoms with Crippen LogP contribution in [0, 0.1) is 12.8 Å². The van der Waals surface area contributed by atoms with Crippen molar-refractivity contribution in [1.29, 1.82) is 0 Å². The quantitative estimate of drug-likeness (QED) is 0.424. The van der Waals surface area contributed by atoms with Crippen LogP contribution in [0.4, 0.5) is 5.69 Å². The van der Waals surface area contributed by atoms with Gasteiger partial charge in [-0.25, -0.2) is 0 Å². The molecule has 1 saturated heterocycles. The molecule has 0 amide bonds. The summed E-state index contributed by atoms with van der Waals surface area (Å²) in [5, 5.41) is 3.10. The van der Waals surface area contributed by atoms with Gasteiger partial charge >= 0.3 is 0 Å². The number of anilines is 1. The zero-order chi connectivity index (χ0) is 16.3. The fourth-order valence-corrected chi connectivity index (χ4v) is 3.20. The maximum atomic E-state index is 6.14. The van der Waals surface area contributed by atoms with Crippen molar-refractivity contribution in [2.45, 2.75) is 51.4 Å². The van der Waals surface area contributed by atoms with Crippen LogP contribution < -0.4 is 11.1 Å². The van der Waals surface area contributed by atoms with Gasteiger partial charge in [0.15, 0.2) is 11.7 Å². The van der Waals surface area contributed by atoms with E-state index >= 15 is 0 Å². The number of nitrogens with one attached hydrogen (secondary N) is 1. The van der Waals surface area contributed by atoms with E-state index in [1.165, 1.54) is 18.4 Å². The van der Waals surface area contributed by atoms with E-state index in [0.29, 0.717) is 19.1 Å². The summed E-state index contributed by atoms with van der Waals surface area (Å²) in [5.41, 5.74) is 8.11. The summed E-state index contributed by atoms with van der Waals surface area (Å²) >= 11 is 0. The Morgan fingerprint density at radius 1 is 1.29 bits per heavy atom. The Labute approximate surface area is 161 Å². The Balaban J connectivity index is 0.00000208. The molecule has 1 aromatic carbocycles. The molecular weight excluding hydrogens is 417 g/mol. The molecule has 2 fully saturated rings. The molecule has 2 aliphatic rings. The lowest BCUT2D eigenvalue weighted by molar-refractivity contribution is -0.190. The molecule has 1 aliphatic carbocycles. The van der Waals surface area contributed by atoms with Crippen LogP contribution in [0.2, 0.25) is 0 Å². The highest BCUT2D eigenvalue weighted by Crippen LogP contribution is 2.39. The number of hydrogen-bond donors (Lipinski definition) is 2. The molecule has 0 aromatic heterocycles. The fourth-order valence-electron chi connectivity index (χ4n) is 3.20. The standard InChI is InChI=1S/C18H27N3O2.HI/c1-13-3-5-15(6-4-13)21-17(19)20-11-16-12-22-18(23-16)9-7-14(2)8-10-18;/h3-6,14,16H,7-12H2,1-2H3,(H3,19,20,21);1H.